The van der Waals surface area contributed by atoms with E-state index >= 15 is 0 Å². The number of aliphatic carboxylic acids is 1. The number of ether oxygens (including phenoxy) is 3. The van der Waals surface area contributed by atoms with E-state index in [0.717, 1.165) is 56.9 Å². The van der Waals surface area contributed by atoms with E-state index in [1.165, 1.54) is 5.56 Å². The molecule has 37 heavy (non-hydrogen) atoms. The van der Waals surface area contributed by atoms with Crippen molar-refractivity contribution in [3.63, 3.8) is 0 Å². The highest BCUT2D eigenvalue weighted by Gasteiger charge is 2.18. The van der Waals surface area contributed by atoms with Gasteiger partial charge in [-0.15, -0.1) is 11.3 Å². The smallest absolute Gasteiger partial charge is 0.310 e. The van der Waals surface area contributed by atoms with Crippen molar-refractivity contribution in [1.82, 2.24) is 9.97 Å². The molecule has 0 radical (unpaired) electrons. The molecule has 8 heteroatoms. The number of benzene rings is 2. The fourth-order valence-corrected chi connectivity index (χ4v) is 5.08. The number of carboxylic acid groups (broad SMARTS) is 1. The summed E-state index contributed by atoms with van der Waals surface area (Å²) in [5.41, 5.74) is 3.90. The van der Waals surface area contributed by atoms with Crippen molar-refractivity contribution in [1.29, 1.82) is 0 Å². The Morgan fingerprint density at radius 3 is 2.68 bits per heavy atom. The van der Waals surface area contributed by atoms with Crippen LogP contribution in [0.4, 0.5) is 0 Å². The summed E-state index contributed by atoms with van der Waals surface area (Å²) in [6.07, 6.45) is 4.43. The molecule has 2 N–H and O–H groups in total. The average molecular weight is 523 g/mol. The van der Waals surface area contributed by atoms with E-state index in [2.05, 4.69) is 29.0 Å². The van der Waals surface area contributed by atoms with Crippen molar-refractivity contribution in [3.05, 3.63) is 58.6 Å². The normalized spacial score (nSPS) is 12.0. The second-order valence-corrected chi connectivity index (χ2v) is 10.2. The molecule has 2 aromatic heterocycles. The Morgan fingerprint density at radius 2 is 1.92 bits per heavy atom. The number of carboxylic acids is 1. The third-order valence-corrected chi connectivity index (χ3v) is 7.20. The molecule has 0 aliphatic carbocycles. The Labute approximate surface area is 221 Å². The van der Waals surface area contributed by atoms with Gasteiger partial charge in [-0.05, 0) is 74.7 Å². The predicted molar refractivity (Wildman–Crippen MR) is 147 cm³/mol. The summed E-state index contributed by atoms with van der Waals surface area (Å²) in [7, 11) is 0. The number of aromatic amines is 1. The number of aromatic nitrogens is 2. The number of nitrogens with one attached hydrogen (secondary N) is 1. The maximum atomic E-state index is 11.4. The van der Waals surface area contributed by atoms with E-state index in [-0.39, 0.29) is 0 Å². The maximum Gasteiger partial charge on any atom is 0.310 e. The van der Waals surface area contributed by atoms with Crippen LogP contribution >= 0.6 is 11.3 Å². The van der Waals surface area contributed by atoms with Gasteiger partial charge >= 0.3 is 5.97 Å². The third kappa shape index (κ3) is 6.25. The molecule has 0 fully saturated rings. The van der Waals surface area contributed by atoms with Crippen molar-refractivity contribution in [2.45, 2.75) is 52.9 Å². The molecular weight excluding hydrogens is 488 g/mol. The molecule has 196 valence electrons. The summed E-state index contributed by atoms with van der Waals surface area (Å²) in [6.45, 7) is 9.49. The van der Waals surface area contributed by atoms with Gasteiger partial charge in [0, 0.05) is 29.1 Å². The number of H-pyrrole nitrogens is 1. The van der Waals surface area contributed by atoms with Gasteiger partial charge in [0.25, 0.3) is 0 Å². The number of thiazole rings is 1. The van der Waals surface area contributed by atoms with Gasteiger partial charge in [-0.3, -0.25) is 4.79 Å². The molecule has 0 aliphatic rings. The first-order chi connectivity index (χ1) is 17.9. The summed E-state index contributed by atoms with van der Waals surface area (Å²) in [4.78, 5) is 20.3. The highest BCUT2D eigenvalue weighted by atomic mass is 32.1. The van der Waals surface area contributed by atoms with Gasteiger partial charge in [-0.2, -0.15) is 0 Å². The first kappa shape index (κ1) is 26.5. The van der Waals surface area contributed by atoms with E-state index in [4.69, 9.17) is 14.2 Å². The monoisotopic (exact) mass is 522 g/mol. The zero-order valence-electron chi connectivity index (χ0n) is 21.8. The lowest BCUT2D eigenvalue weighted by molar-refractivity contribution is -0.138. The molecule has 2 aromatic carbocycles. The van der Waals surface area contributed by atoms with Crippen LogP contribution < -0.4 is 14.2 Å². The SMILES string of the molecule is CCCc1cc(-c2nc(OCC)c(C)s2)ccc1OCCCOc1ccc2[nH]cc(C(C)C(=O)O)c2c1. The number of rotatable bonds is 13. The van der Waals surface area contributed by atoms with Crippen LogP contribution in [0.25, 0.3) is 21.5 Å². The summed E-state index contributed by atoms with van der Waals surface area (Å²) >= 11 is 1.64. The number of carbonyl (C=O) groups is 1. The molecule has 7 nitrogen and oxygen atoms in total. The van der Waals surface area contributed by atoms with E-state index in [1.54, 1.807) is 24.5 Å². The quantitative estimate of drug-likeness (QED) is 0.184. The summed E-state index contributed by atoms with van der Waals surface area (Å²) < 4.78 is 17.7. The van der Waals surface area contributed by atoms with Crippen LogP contribution in [0.15, 0.2) is 42.6 Å². The standard InChI is InChI=1S/C29H34N2O5S/c1-5-8-20-15-21(28-31-27(34-6-2)19(4)37-28)9-12-26(20)36-14-7-13-35-22-10-11-25-23(16-22)24(17-30-25)18(3)29(32)33/h9-12,15-18,30H,5-8,13-14H2,1-4H3,(H,32,33). The molecule has 0 amide bonds. The van der Waals surface area contributed by atoms with Crippen molar-refractivity contribution in [2.75, 3.05) is 19.8 Å². The van der Waals surface area contributed by atoms with Crippen LogP contribution in [0.3, 0.4) is 0 Å². The zero-order chi connectivity index (χ0) is 26.4. The highest BCUT2D eigenvalue weighted by Crippen LogP contribution is 2.34. The van der Waals surface area contributed by atoms with Crippen LogP contribution in [0.1, 0.15) is 55.5 Å². The summed E-state index contributed by atoms with van der Waals surface area (Å²) in [5.74, 6) is 0.879. The van der Waals surface area contributed by atoms with E-state index < -0.39 is 11.9 Å². The van der Waals surface area contributed by atoms with Crippen molar-refractivity contribution in [2.24, 2.45) is 0 Å². The zero-order valence-corrected chi connectivity index (χ0v) is 22.6. The van der Waals surface area contributed by atoms with Gasteiger partial charge in [0.2, 0.25) is 5.88 Å². The second kappa shape index (κ2) is 12.1. The molecule has 2 heterocycles. The van der Waals surface area contributed by atoms with Gasteiger partial charge in [-0.1, -0.05) is 13.3 Å². The van der Waals surface area contributed by atoms with Crippen molar-refractivity contribution in [3.8, 4) is 28.0 Å². The Hall–Kier alpha value is -3.52. The van der Waals surface area contributed by atoms with Gasteiger partial charge in [0.05, 0.1) is 30.6 Å². The Balaban J connectivity index is 1.35. The molecule has 0 saturated heterocycles. The molecule has 1 atom stereocenters. The average Bonchev–Trinajstić information content (AvgIpc) is 3.47. The van der Waals surface area contributed by atoms with Crippen LogP contribution in [-0.2, 0) is 11.2 Å². The van der Waals surface area contributed by atoms with Gasteiger partial charge in [0.15, 0.2) is 0 Å². The fourth-order valence-electron chi connectivity index (χ4n) is 4.23. The first-order valence-corrected chi connectivity index (χ1v) is 13.6. The van der Waals surface area contributed by atoms with Crippen LogP contribution in [0.5, 0.6) is 17.4 Å². The lowest BCUT2D eigenvalue weighted by Crippen LogP contribution is -2.07. The number of hydrogen-bond acceptors (Lipinski definition) is 6. The second-order valence-electron chi connectivity index (χ2n) is 8.95. The Kier molecular flexibility index (Phi) is 8.71. The number of fused-ring (bicyclic) bond motifs is 1. The minimum absolute atomic E-state index is 0.500. The Morgan fingerprint density at radius 1 is 1.11 bits per heavy atom. The molecular formula is C29H34N2O5S. The Bertz CT molecular complexity index is 1360. The molecule has 1 unspecified atom stereocenters. The fraction of sp³-hybridized carbons (Fsp3) is 0.379. The van der Waals surface area contributed by atoms with Crippen molar-refractivity contribution >= 4 is 28.2 Å². The van der Waals surface area contributed by atoms with E-state index in [9.17, 15) is 9.90 Å². The minimum atomic E-state index is -0.850. The number of hydrogen-bond donors (Lipinski definition) is 2. The molecule has 0 saturated carbocycles. The third-order valence-electron chi connectivity index (χ3n) is 6.20. The maximum absolute atomic E-state index is 11.4. The van der Waals surface area contributed by atoms with E-state index in [1.807, 2.05) is 38.1 Å². The topological polar surface area (TPSA) is 93.7 Å². The summed E-state index contributed by atoms with van der Waals surface area (Å²) in [6, 6.07) is 12.0. The largest absolute Gasteiger partial charge is 0.493 e. The minimum Gasteiger partial charge on any atom is -0.493 e. The first-order valence-electron chi connectivity index (χ1n) is 12.7. The van der Waals surface area contributed by atoms with Crippen molar-refractivity contribution < 1.29 is 24.1 Å². The summed E-state index contributed by atoms with van der Waals surface area (Å²) in [5, 5.41) is 11.2. The van der Waals surface area contributed by atoms with Crippen LogP contribution in [-0.4, -0.2) is 40.9 Å². The van der Waals surface area contributed by atoms with Gasteiger partial charge < -0.3 is 24.3 Å². The molecule has 4 aromatic rings. The predicted octanol–water partition coefficient (Wildman–Crippen LogP) is 6.99. The van der Waals surface area contributed by atoms with Gasteiger partial charge in [-0.25, -0.2) is 4.98 Å². The van der Waals surface area contributed by atoms with Gasteiger partial charge in [0.1, 0.15) is 16.5 Å². The molecule has 0 aliphatic heterocycles. The molecule has 0 spiro atoms. The number of aryl methyl sites for hydroxylation is 2. The van der Waals surface area contributed by atoms with E-state index in [0.29, 0.717) is 31.5 Å². The van der Waals surface area contributed by atoms with Crippen LogP contribution in [0, 0.1) is 6.92 Å². The lowest BCUT2D eigenvalue weighted by Gasteiger charge is -2.13. The molecule has 4 rings (SSSR count). The van der Waals surface area contributed by atoms with Crippen LogP contribution in [0.2, 0.25) is 0 Å². The lowest BCUT2D eigenvalue weighted by atomic mass is 10.0. The number of nitrogens with zero attached hydrogens (tertiary/aromatic N) is 1. The molecule has 0 bridgehead atoms. The highest BCUT2D eigenvalue weighted by molar-refractivity contribution is 7.15.